The molecule has 0 atom stereocenters. The lowest BCUT2D eigenvalue weighted by molar-refractivity contribution is -0.127. The van der Waals surface area contributed by atoms with E-state index in [1.807, 2.05) is 31.2 Å². The number of amides is 3. The number of anilines is 2. The van der Waals surface area contributed by atoms with E-state index in [-0.39, 0.29) is 12.1 Å². The molecular formula is C28H31N3O3S. The van der Waals surface area contributed by atoms with Crippen LogP contribution in [-0.4, -0.2) is 40.6 Å². The van der Waals surface area contributed by atoms with Gasteiger partial charge in [0.1, 0.15) is 6.54 Å². The lowest BCUT2D eigenvalue weighted by Crippen LogP contribution is -2.45. The van der Waals surface area contributed by atoms with Crippen LogP contribution in [0.15, 0.2) is 53.4 Å². The van der Waals surface area contributed by atoms with Crippen LogP contribution in [0.2, 0.25) is 0 Å². The van der Waals surface area contributed by atoms with Crippen molar-refractivity contribution in [1.29, 1.82) is 0 Å². The van der Waals surface area contributed by atoms with Gasteiger partial charge in [0.25, 0.3) is 11.1 Å². The highest BCUT2D eigenvalue weighted by Crippen LogP contribution is 2.40. The maximum absolute atomic E-state index is 13.0. The summed E-state index contributed by atoms with van der Waals surface area (Å²) in [5.74, 6) is -0.852. The molecule has 1 N–H and O–H groups in total. The van der Waals surface area contributed by atoms with Crippen molar-refractivity contribution < 1.29 is 14.4 Å². The van der Waals surface area contributed by atoms with E-state index in [9.17, 15) is 14.4 Å². The molecular weight excluding hydrogens is 458 g/mol. The third-order valence-electron chi connectivity index (χ3n) is 6.34. The zero-order valence-electron chi connectivity index (χ0n) is 20.8. The van der Waals surface area contributed by atoms with Crippen molar-refractivity contribution >= 4 is 51.8 Å². The molecule has 2 aliphatic heterocycles. The summed E-state index contributed by atoms with van der Waals surface area (Å²) in [6.07, 6.45) is 5.05. The van der Waals surface area contributed by atoms with E-state index in [1.165, 1.54) is 11.3 Å². The highest BCUT2D eigenvalue weighted by atomic mass is 32.2. The van der Waals surface area contributed by atoms with Gasteiger partial charge in [0.2, 0.25) is 5.91 Å². The largest absolute Gasteiger partial charge is 0.362 e. The molecule has 2 aromatic rings. The molecule has 0 saturated carbocycles. The van der Waals surface area contributed by atoms with E-state index in [0.29, 0.717) is 10.6 Å². The molecule has 7 heteroatoms. The quantitative estimate of drug-likeness (QED) is 0.498. The van der Waals surface area contributed by atoms with Crippen molar-refractivity contribution in [2.24, 2.45) is 0 Å². The lowest BCUT2D eigenvalue weighted by atomic mass is 9.88. The van der Waals surface area contributed by atoms with E-state index in [1.54, 1.807) is 12.1 Å². The SMILES string of the molecule is CCCN1c2ccc(/C=C3/SC(=O)N(CC(=O)Nc4ccccc4C)C3=O)cc2C(C)=CC1(C)C. The molecule has 2 aliphatic rings. The zero-order valence-corrected chi connectivity index (χ0v) is 21.7. The maximum atomic E-state index is 13.0. The summed E-state index contributed by atoms with van der Waals surface area (Å²) < 4.78 is 0. The van der Waals surface area contributed by atoms with Crippen molar-refractivity contribution in [1.82, 2.24) is 4.90 Å². The minimum absolute atomic E-state index is 0.0733. The predicted octanol–water partition coefficient (Wildman–Crippen LogP) is 6.08. The number of imide groups is 1. The summed E-state index contributed by atoms with van der Waals surface area (Å²) in [7, 11) is 0. The van der Waals surface area contributed by atoms with Gasteiger partial charge >= 0.3 is 0 Å². The Bertz CT molecular complexity index is 1260. The van der Waals surface area contributed by atoms with E-state index in [2.05, 4.69) is 56.1 Å². The first-order chi connectivity index (χ1) is 16.6. The molecule has 182 valence electrons. The number of nitrogens with zero attached hydrogens (tertiary/aromatic N) is 2. The fourth-order valence-electron chi connectivity index (χ4n) is 4.66. The fourth-order valence-corrected chi connectivity index (χ4v) is 5.50. The average Bonchev–Trinajstić information content (AvgIpc) is 3.05. The molecule has 1 fully saturated rings. The Labute approximate surface area is 211 Å². The minimum atomic E-state index is -0.446. The van der Waals surface area contributed by atoms with Crippen molar-refractivity contribution in [3.8, 4) is 0 Å². The highest BCUT2D eigenvalue weighted by molar-refractivity contribution is 8.18. The van der Waals surface area contributed by atoms with Crippen molar-refractivity contribution in [2.75, 3.05) is 23.3 Å². The van der Waals surface area contributed by atoms with Gasteiger partial charge in [-0.1, -0.05) is 37.3 Å². The van der Waals surface area contributed by atoms with Crippen LogP contribution in [0.1, 0.15) is 50.8 Å². The molecule has 6 nitrogen and oxygen atoms in total. The Hall–Kier alpha value is -3.32. The lowest BCUT2D eigenvalue weighted by Gasteiger charge is -2.43. The van der Waals surface area contributed by atoms with Crippen LogP contribution in [-0.2, 0) is 9.59 Å². The number of carbonyl (C=O) groups excluding carboxylic acids is 3. The second-order valence-corrected chi connectivity index (χ2v) is 10.5. The van der Waals surface area contributed by atoms with Crippen LogP contribution in [0, 0.1) is 6.92 Å². The third-order valence-corrected chi connectivity index (χ3v) is 7.25. The Morgan fingerprint density at radius 1 is 1.11 bits per heavy atom. The number of hydrogen-bond donors (Lipinski definition) is 1. The van der Waals surface area contributed by atoms with Crippen LogP contribution in [0.25, 0.3) is 11.6 Å². The first kappa shape index (κ1) is 24.8. The smallest absolute Gasteiger partial charge is 0.294 e. The van der Waals surface area contributed by atoms with Gasteiger partial charge in [0.05, 0.1) is 10.4 Å². The second-order valence-electron chi connectivity index (χ2n) is 9.54. The number of nitrogens with one attached hydrogen (secondary N) is 1. The van der Waals surface area contributed by atoms with E-state index < -0.39 is 17.1 Å². The third kappa shape index (κ3) is 5.05. The second kappa shape index (κ2) is 9.74. The normalized spacial score (nSPS) is 18.1. The molecule has 0 aromatic heterocycles. The van der Waals surface area contributed by atoms with Gasteiger partial charge in [0.15, 0.2) is 0 Å². The Balaban J connectivity index is 1.53. The van der Waals surface area contributed by atoms with Gasteiger partial charge in [-0.05, 0) is 86.9 Å². The Morgan fingerprint density at radius 3 is 2.57 bits per heavy atom. The monoisotopic (exact) mass is 489 g/mol. The van der Waals surface area contributed by atoms with Crippen LogP contribution in [0.5, 0.6) is 0 Å². The summed E-state index contributed by atoms with van der Waals surface area (Å²) in [6, 6.07) is 13.5. The summed E-state index contributed by atoms with van der Waals surface area (Å²) >= 11 is 0.868. The first-order valence-corrected chi connectivity index (χ1v) is 12.6. The Kier molecular flexibility index (Phi) is 6.90. The number of fused-ring (bicyclic) bond motifs is 1. The van der Waals surface area contributed by atoms with Crippen LogP contribution in [0.4, 0.5) is 16.2 Å². The number of carbonyl (C=O) groups is 3. The number of allylic oxidation sites excluding steroid dienone is 1. The molecule has 0 aliphatic carbocycles. The van der Waals surface area contributed by atoms with Gasteiger partial charge in [-0.2, -0.15) is 0 Å². The summed E-state index contributed by atoms with van der Waals surface area (Å²) in [5, 5.41) is 2.34. The van der Waals surface area contributed by atoms with Gasteiger partial charge in [-0.25, -0.2) is 0 Å². The van der Waals surface area contributed by atoms with Gasteiger partial charge in [-0.15, -0.1) is 0 Å². The summed E-state index contributed by atoms with van der Waals surface area (Å²) in [4.78, 5) is 41.7. The van der Waals surface area contributed by atoms with Crippen LogP contribution < -0.4 is 10.2 Å². The van der Waals surface area contributed by atoms with Crippen LogP contribution >= 0.6 is 11.8 Å². The van der Waals surface area contributed by atoms with Gasteiger partial charge in [0, 0.05) is 23.5 Å². The molecule has 0 unspecified atom stereocenters. The molecule has 0 radical (unpaired) electrons. The molecule has 0 spiro atoms. The van der Waals surface area contributed by atoms with Crippen molar-refractivity contribution in [2.45, 2.75) is 46.6 Å². The number of thioether (sulfide) groups is 1. The number of hydrogen-bond acceptors (Lipinski definition) is 5. The Morgan fingerprint density at radius 2 is 1.86 bits per heavy atom. The molecule has 3 amide bonds. The minimum Gasteiger partial charge on any atom is -0.362 e. The average molecular weight is 490 g/mol. The summed E-state index contributed by atoms with van der Waals surface area (Å²) in [6.45, 7) is 11.2. The first-order valence-electron chi connectivity index (χ1n) is 11.8. The van der Waals surface area contributed by atoms with Crippen molar-refractivity contribution in [3.63, 3.8) is 0 Å². The zero-order chi connectivity index (χ0) is 25.3. The topological polar surface area (TPSA) is 69.7 Å². The van der Waals surface area contributed by atoms with E-state index in [4.69, 9.17) is 0 Å². The maximum Gasteiger partial charge on any atom is 0.294 e. The molecule has 2 aromatic carbocycles. The number of rotatable bonds is 6. The van der Waals surface area contributed by atoms with Gasteiger partial charge in [-0.3, -0.25) is 19.3 Å². The number of benzene rings is 2. The van der Waals surface area contributed by atoms with E-state index in [0.717, 1.165) is 46.3 Å². The standard InChI is InChI=1S/C28H31N3O3S/c1-6-13-31-23-12-11-20(14-21(23)19(3)16-28(31,4)5)15-24-26(33)30(27(34)35-24)17-25(32)29-22-10-8-7-9-18(22)2/h7-12,14-16H,6,13,17H2,1-5H3,(H,29,32)/b24-15+. The molecule has 1 saturated heterocycles. The predicted molar refractivity (Wildman–Crippen MR) is 144 cm³/mol. The summed E-state index contributed by atoms with van der Waals surface area (Å²) in [5.41, 5.74) is 5.84. The number of para-hydroxylation sites is 1. The molecule has 4 rings (SSSR count). The fraction of sp³-hybridized carbons (Fsp3) is 0.321. The highest BCUT2D eigenvalue weighted by Gasteiger charge is 2.36. The van der Waals surface area contributed by atoms with Crippen LogP contribution in [0.3, 0.4) is 0 Å². The molecule has 35 heavy (non-hydrogen) atoms. The molecule has 0 bridgehead atoms. The van der Waals surface area contributed by atoms with E-state index >= 15 is 0 Å². The molecule has 2 heterocycles. The van der Waals surface area contributed by atoms with Gasteiger partial charge < -0.3 is 10.2 Å². The van der Waals surface area contributed by atoms with Crippen molar-refractivity contribution in [3.05, 3.63) is 70.1 Å². The number of aryl methyl sites for hydroxylation is 1.